The molecule has 0 spiro atoms. The summed E-state index contributed by atoms with van der Waals surface area (Å²) in [4.78, 5) is 17.9. The molecule has 0 atom stereocenters. The van der Waals surface area contributed by atoms with Crippen LogP contribution in [0.25, 0.3) is 11.0 Å². The predicted molar refractivity (Wildman–Crippen MR) is 81.7 cm³/mol. The molecule has 0 fully saturated rings. The second-order valence-corrected chi connectivity index (χ2v) is 5.10. The standard InChI is InChI=1S/C14H18ClFN4O/c1-3-19(4-2)13(21)5-6-20-12-8-10(16)9(15)7-11(12)18-14(20)17/h7-8H,3-6H2,1-2H3,(H2,17,18). The molecule has 21 heavy (non-hydrogen) atoms. The number of anilines is 1. The number of fused-ring (bicyclic) bond motifs is 1. The molecule has 114 valence electrons. The number of nitrogens with zero attached hydrogens (tertiary/aromatic N) is 3. The number of aryl methyl sites for hydroxylation is 1. The molecule has 0 radical (unpaired) electrons. The van der Waals surface area contributed by atoms with Gasteiger partial charge in [-0.2, -0.15) is 0 Å². The van der Waals surface area contributed by atoms with E-state index in [1.54, 1.807) is 9.47 Å². The molecule has 1 aromatic carbocycles. The fourth-order valence-electron chi connectivity index (χ4n) is 2.32. The first kappa shape index (κ1) is 15.6. The second-order valence-electron chi connectivity index (χ2n) is 4.69. The third kappa shape index (κ3) is 3.10. The number of hydrogen-bond acceptors (Lipinski definition) is 3. The number of aromatic nitrogens is 2. The SMILES string of the molecule is CCN(CC)C(=O)CCn1c(N)nc2cc(Cl)c(F)cc21. The van der Waals surface area contributed by atoms with Gasteiger partial charge >= 0.3 is 0 Å². The molecule has 0 aliphatic carbocycles. The van der Waals surface area contributed by atoms with Gasteiger partial charge in [-0.3, -0.25) is 4.79 Å². The van der Waals surface area contributed by atoms with Crippen molar-refractivity contribution in [3.8, 4) is 0 Å². The van der Waals surface area contributed by atoms with Gasteiger partial charge in [0, 0.05) is 32.1 Å². The van der Waals surface area contributed by atoms with Crippen molar-refractivity contribution in [2.75, 3.05) is 18.8 Å². The summed E-state index contributed by atoms with van der Waals surface area (Å²) in [6.07, 6.45) is 0.293. The van der Waals surface area contributed by atoms with Crippen LogP contribution in [0.3, 0.4) is 0 Å². The van der Waals surface area contributed by atoms with Gasteiger partial charge in [0.25, 0.3) is 0 Å². The van der Waals surface area contributed by atoms with Crippen LogP contribution in [0.5, 0.6) is 0 Å². The number of rotatable bonds is 5. The fourth-order valence-corrected chi connectivity index (χ4v) is 2.47. The number of benzene rings is 1. The van der Waals surface area contributed by atoms with Gasteiger partial charge in [-0.15, -0.1) is 0 Å². The van der Waals surface area contributed by atoms with Gasteiger partial charge in [-0.05, 0) is 19.9 Å². The fraction of sp³-hybridized carbons (Fsp3) is 0.429. The molecule has 1 aromatic heterocycles. The Bertz CT molecular complexity index is 667. The zero-order valence-electron chi connectivity index (χ0n) is 12.1. The van der Waals surface area contributed by atoms with Crippen molar-refractivity contribution in [2.24, 2.45) is 0 Å². The number of hydrogen-bond donors (Lipinski definition) is 1. The maximum absolute atomic E-state index is 13.6. The highest BCUT2D eigenvalue weighted by Gasteiger charge is 2.14. The van der Waals surface area contributed by atoms with Crippen molar-refractivity contribution in [2.45, 2.75) is 26.8 Å². The summed E-state index contributed by atoms with van der Waals surface area (Å²) in [5.41, 5.74) is 6.91. The lowest BCUT2D eigenvalue weighted by molar-refractivity contribution is -0.131. The lowest BCUT2D eigenvalue weighted by atomic mass is 10.3. The summed E-state index contributed by atoms with van der Waals surface area (Å²) in [5, 5.41) is 0.00590. The average molecular weight is 313 g/mol. The van der Waals surface area contributed by atoms with Crippen molar-refractivity contribution >= 4 is 34.5 Å². The number of imidazole rings is 1. The van der Waals surface area contributed by atoms with Crippen LogP contribution in [0, 0.1) is 5.82 Å². The Kier molecular flexibility index (Phi) is 4.67. The summed E-state index contributed by atoms with van der Waals surface area (Å²) in [6.45, 7) is 5.55. The van der Waals surface area contributed by atoms with Crippen LogP contribution in [0.1, 0.15) is 20.3 Å². The highest BCUT2D eigenvalue weighted by Crippen LogP contribution is 2.24. The van der Waals surface area contributed by atoms with E-state index in [4.69, 9.17) is 17.3 Å². The van der Waals surface area contributed by atoms with E-state index in [1.165, 1.54) is 12.1 Å². The molecule has 0 saturated carbocycles. The molecule has 2 aromatic rings. The number of nitrogens with two attached hydrogens (primary N) is 1. The van der Waals surface area contributed by atoms with E-state index in [0.29, 0.717) is 37.1 Å². The maximum atomic E-state index is 13.6. The third-order valence-corrected chi connectivity index (χ3v) is 3.77. The van der Waals surface area contributed by atoms with Crippen LogP contribution in [-0.2, 0) is 11.3 Å². The van der Waals surface area contributed by atoms with E-state index in [1.807, 2.05) is 13.8 Å². The highest BCUT2D eigenvalue weighted by molar-refractivity contribution is 6.31. The van der Waals surface area contributed by atoms with Crippen LogP contribution < -0.4 is 5.73 Å². The largest absolute Gasteiger partial charge is 0.369 e. The van der Waals surface area contributed by atoms with Gasteiger partial charge in [0.05, 0.1) is 16.1 Å². The van der Waals surface area contributed by atoms with Crippen LogP contribution >= 0.6 is 11.6 Å². The zero-order valence-corrected chi connectivity index (χ0v) is 12.8. The minimum atomic E-state index is -0.527. The normalized spacial score (nSPS) is 11.0. The van der Waals surface area contributed by atoms with Crippen LogP contribution in [-0.4, -0.2) is 33.4 Å². The molecule has 2 rings (SSSR count). The van der Waals surface area contributed by atoms with Crippen molar-refractivity contribution in [1.29, 1.82) is 0 Å². The Morgan fingerprint density at radius 2 is 2.10 bits per heavy atom. The Balaban J connectivity index is 2.24. The number of halogens is 2. The summed E-state index contributed by atoms with van der Waals surface area (Å²) < 4.78 is 15.2. The molecule has 2 N–H and O–H groups in total. The Morgan fingerprint density at radius 3 is 2.71 bits per heavy atom. The zero-order chi connectivity index (χ0) is 15.6. The van der Waals surface area contributed by atoms with Crippen molar-refractivity contribution in [1.82, 2.24) is 14.5 Å². The van der Waals surface area contributed by atoms with Crippen LogP contribution in [0.15, 0.2) is 12.1 Å². The van der Waals surface area contributed by atoms with Gasteiger partial charge in [0.15, 0.2) is 0 Å². The lowest BCUT2D eigenvalue weighted by Gasteiger charge is -2.18. The molecule has 0 bridgehead atoms. The summed E-state index contributed by atoms with van der Waals surface area (Å²) in [5.74, 6) is -0.241. The first-order valence-electron chi connectivity index (χ1n) is 6.86. The Hall–Kier alpha value is -1.82. The van der Waals surface area contributed by atoms with Crippen molar-refractivity contribution in [3.05, 3.63) is 23.0 Å². The molecule has 7 heteroatoms. The van der Waals surface area contributed by atoms with E-state index < -0.39 is 5.82 Å². The van der Waals surface area contributed by atoms with Gasteiger partial charge in [0.1, 0.15) is 5.82 Å². The smallest absolute Gasteiger partial charge is 0.224 e. The van der Waals surface area contributed by atoms with E-state index in [9.17, 15) is 9.18 Å². The maximum Gasteiger partial charge on any atom is 0.224 e. The van der Waals surface area contributed by atoms with Crippen LogP contribution in [0.4, 0.5) is 10.3 Å². The summed E-state index contributed by atoms with van der Waals surface area (Å²) in [6, 6.07) is 2.73. The summed E-state index contributed by atoms with van der Waals surface area (Å²) >= 11 is 5.73. The topological polar surface area (TPSA) is 64.2 Å². The van der Waals surface area contributed by atoms with Crippen LogP contribution in [0.2, 0.25) is 5.02 Å². The molecular weight excluding hydrogens is 295 g/mol. The molecule has 0 unspecified atom stereocenters. The predicted octanol–water partition coefficient (Wildman–Crippen LogP) is 2.67. The monoisotopic (exact) mass is 312 g/mol. The van der Waals surface area contributed by atoms with Gasteiger partial charge in [-0.1, -0.05) is 11.6 Å². The van der Waals surface area contributed by atoms with E-state index in [-0.39, 0.29) is 16.9 Å². The molecule has 0 aliphatic heterocycles. The van der Waals surface area contributed by atoms with Crippen molar-refractivity contribution in [3.63, 3.8) is 0 Å². The first-order chi connectivity index (χ1) is 9.97. The average Bonchev–Trinajstić information content (AvgIpc) is 2.73. The van der Waals surface area contributed by atoms with Gasteiger partial charge in [0.2, 0.25) is 11.9 Å². The van der Waals surface area contributed by atoms with Crippen molar-refractivity contribution < 1.29 is 9.18 Å². The lowest BCUT2D eigenvalue weighted by Crippen LogP contribution is -2.31. The number of carbonyl (C=O) groups excluding carboxylic acids is 1. The Labute approximate surface area is 127 Å². The Morgan fingerprint density at radius 1 is 1.43 bits per heavy atom. The molecular formula is C14H18ClFN4O. The molecule has 1 heterocycles. The quantitative estimate of drug-likeness (QED) is 0.923. The second kappa shape index (κ2) is 6.30. The highest BCUT2D eigenvalue weighted by atomic mass is 35.5. The third-order valence-electron chi connectivity index (χ3n) is 3.49. The number of amides is 1. The molecule has 1 amide bonds. The van der Waals surface area contributed by atoms with E-state index in [2.05, 4.69) is 4.98 Å². The first-order valence-corrected chi connectivity index (χ1v) is 7.24. The van der Waals surface area contributed by atoms with Gasteiger partial charge in [-0.25, -0.2) is 9.37 Å². The molecule has 0 aliphatic rings. The minimum Gasteiger partial charge on any atom is -0.369 e. The van der Waals surface area contributed by atoms with E-state index >= 15 is 0 Å². The summed E-state index contributed by atoms with van der Waals surface area (Å²) in [7, 11) is 0. The van der Waals surface area contributed by atoms with E-state index in [0.717, 1.165) is 0 Å². The van der Waals surface area contributed by atoms with Gasteiger partial charge < -0.3 is 15.2 Å². The number of carbonyl (C=O) groups is 1. The molecule has 0 saturated heterocycles. The number of nitrogen functional groups attached to an aromatic ring is 1. The molecule has 5 nitrogen and oxygen atoms in total. The minimum absolute atomic E-state index is 0.00590.